The van der Waals surface area contributed by atoms with E-state index in [0.717, 1.165) is 25.7 Å². The molecule has 0 amide bonds. The van der Waals surface area contributed by atoms with Crippen LogP contribution in [0.15, 0.2) is 0 Å². The summed E-state index contributed by atoms with van der Waals surface area (Å²) >= 11 is 5.52. The molecule has 0 radical (unpaired) electrons. The third-order valence-corrected chi connectivity index (χ3v) is 2.88. The first-order chi connectivity index (χ1) is 6.83. The Balaban J connectivity index is 2.06. The maximum Gasteiger partial charge on any atom is 0.306 e. The van der Waals surface area contributed by atoms with E-state index in [-0.39, 0.29) is 12.1 Å². The lowest BCUT2D eigenvalue weighted by Crippen LogP contribution is -2.20. The molecule has 2 nitrogen and oxygen atoms in total. The Morgan fingerprint density at radius 2 is 1.93 bits per heavy atom. The highest BCUT2D eigenvalue weighted by Gasteiger charge is 2.16. The van der Waals surface area contributed by atoms with Gasteiger partial charge < -0.3 is 4.74 Å². The fourth-order valence-electron chi connectivity index (χ4n) is 1.79. The van der Waals surface area contributed by atoms with Crippen molar-refractivity contribution in [1.29, 1.82) is 0 Å². The summed E-state index contributed by atoms with van der Waals surface area (Å²) in [6.45, 7) is 0. The highest BCUT2D eigenvalue weighted by molar-refractivity contribution is 6.17. The van der Waals surface area contributed by atoms with Gasteiger partial charge in [-0.1, -0.05) is 6.42 Å². The zero-order valence-electron chi connectivity index (χ0n) is 8.64. The lowest BCUT2D eigenvalue weighted by molar-refractivity contribution is -0.150. The largest absolute Gasteiger partial charge is 0.462 e. The molecule has 1 fully saturated rings. The quantitative estimate of drug-likeness (QED) is 0.402. The fourth-order valence-corrected chi connectivity index (χ4v) is 1.98. The van der Waals surface area contributed by atoms with Crippen molar-refractivity contribution in [3.05, 3.63) is 0 Å². The summed E-state index contributed by atoms with van der Waals surface area (Å²) < 4.78 is 5.36. The van der Waals surface area contributed by atoms with Crippen molar-refractivity contribution < 1.29 is 9.53 Å². The first-order valence-corrected chi connectivity index (χ1v) is 6.12. The number of carbonyl (C=O) groups is 1. The molecule has 1 aliphatic rings. The van der Waals surface area contributed by atoms with Crippen LogP contribution in [-0.2, 0) is 9.53 Å². The Morgan fingerprint density at radius 1 is 1.21 bits per heavy atom. The normalized spacial score (nSPS) is 18.1. The summed E-state index contributed by atoms with van der Waals surface area (Å²) in [5.74, 6) is 0.596. The van der Waals surface area contributed by atoms with Crippen LogP contribution in [-0.4, -0.2) is 18.0 Å². The standard InChI is InChI=1S/C11H19ClO2/c12-9-5-4-8-11(13)14-10-6-2-1-3-7-10/h10H,1-9H2. The number of hydrogen-bond donors (Lipinski definition) is 0. The van der Waals surface area contributed by atoms with Gasteiger partial charge in [-0.15, -0.1) is 11.6 Å². The summed E-state index contributed by atoms with van der Waals surface area (Å²) in [7, 11) is 0. The van der Waals surface area contributed by atoms with Crippen molar-refractivity contribution in [1.82, 2.24) is 0 Å². The summed E-state index contributed by atoms with van der Waals surface area (Å²) in [6, 6.07) is 0. The molecule has 82 valence electrons. The first kappa shape index (κ1) is 11.8. The number of esters is 1. The minimum Gasteiger partial charge on any atom is -0.462 e. The molecule has 0 aromatic heterocycles. The van der Waals surface area contributed by atoms with Gasteiger partial charge in [0, 0.05) is 12.3 Å². The van der Waals surface area contributed by atoms with Gasteiger partial charge in [-0.2, -0.15) is 0 Å². The minimum absolute atomic E-state index is 0.0398. The Labute approximate surface area is 91.0 Å². The number of carbonyl (C=O) groups excluding carboxylic acids is 1. The number of hydrogen-bond acceptors (Lipinski definition) is 2. The molecule has 0 unspecified atom stereocenters. The van der Waals surface area contributed by atoms with Crippen LogP contribution in [0.4, 0.5) is 0 Å². The number of rotatable bonds is 5. The van der Waals surface area contributed by atoms with Crippen molar-refractivity contribution in [3.8, 4) is 0 Å². The number of ether oxygens (including phenoxy) is 1. The summed E-state index contributed by atoms with van der Waals surface area (Å²) in [5.41, 5.74) is 0. The zero-order chi connectivity index (χ0) is 10.2. The predicted octanol–water partition coefficient (Wildman–Crippen LogP) is 3.27. The molecule has 0 N–H and O–H groups in total. The summed E-state index contributed by atoms with van der Waals surface area (Å²) in [5, 5.41) is 0. The third-order valence-electron chi connectivity index (χ3n) is 2.61. The van der Waals surface area contributed by atoms with Crippen LogP contribution < -0.4 is 0 Å². The Hall–Kier alpha value is -0.240. The van der Waals surface area contributed by atoms with Crippen molar-refractivity contribution >= 4 is 17.6 Å². The monoisotopic (exact) mass is 218 g/mol. The molecule has 0 bridgehead atoms. The molecule has 1 rings (SSSR count). The van der Waals surface area contributed by atoms with E-state index in [9.17, 15) is 4.79 Å². The van der Waals surface area contributed by atoms with Crippen molar-refractivity contribution in [2.24, 2.45) is 0 Å². The van der Waals surface area contributed by atoms with E-state index in [0.29, 0.717) is 12.3 Å². The molecule has 0 aliphatic heterocycles. The van der Waals surface area contributed by atoms with Gasteiger partial charge >= 0.3 is 5.97 Å². The van der Waals surface area contributed by atoms with Gasteiger partial charge in [0.15, 0.2) is 0 Å². The Bertz CT molecular complexity index is 165. The van der Waals surface area contributed by atoms with Crippen molar-refractivity contribution in [2.45, 2.75) is 57.5 Å². The lowest BCUT2D eigenvalue weighted by Gasteiger charge is -2.21. The van der Waals surface area contributed by atoms with Crippen LogP contribution >= 0.6 is 11.6 Å². The average molecular weight is 219 g/mol. The lowest BCUT2D eigenvalue weighted by atomic mass is 9.98. The molecule has 14 heavy (non-hydrogen) atoms. The van der Waals surface area contributed by atoms with Crippen LogP contribution in [0.5, 0.6) is 0 Å². The topological polar surface area (TPSA) is 26.3 Å². The van der Waals surface area contributed by atoms with Gasteiger partial charge in [0.25, 0.3) is 0 Å². The van der Waals surface area contributed by atoms with Crippen LogP contribution in [0.1, 0.15) is 51.4 Å². The van der Waals surface area contributed by atoms with Crippen molar-refractivity contribution in [2.75, 3.05) is 5.88 Å². The molecule has 0 heterocycles. The maximum absolute atomic E-state index is 11.3. The Kier molecular flexibility index (Phi) is 6.00. The molecule has 0 spiro atoms. The maximum atomic E-state index is 11.3. The third kappa shape index (κ3) is 4.85. The minimum atomic E-state index is -0.0398. The van der Waals surface area contributed by atoms with E-state index >= 15 is 0 Å². The second-order valence-electron chi connectivity index (χ2n) is 3.90. The second-order valence-corrected chi connectivity index (χ2v) is 4.27. The first-order valence-electron chi connectivity index (χ1n) is 5.58. The number of halogens is 1. The fraction of sp³-hybridized carbons (Fsp3) is 0.909. The van der Waals surface area contributed by atoms with Gasteiger partial charge in [0.2, 0.25) is 0 Å². The molecule has 0 saturated heterocycles. The van der Waals surface area contributed by atoms with Gasteiger partial charge in [-0.3, -0.25) is 4.79 Å². The van der Waals surface area contributed by atoms with Crippen LogP contribution in [0, 0.1) is 0 Å². The van der Waals surface area contributed by atoms with E-state index in [1.807, 2.05) is 0 Å². The predicted molar refractivity (Wildman–Crippen MR) is 57.5 cm³/mol. The highest BCUT2D eigenvalue weighted by Crippen LogP contribution is 2.20. The molecule has 1 saturated carbocycles. The van der Waals surface area contributed by atoms with E-state index in [1.165, 1.54) is 19.3 Å². The van der Waals surface area contributed by atoms with Crippen LogP contribution in [0.3, 0.4) is 0 Å². The SMILES string of the molecule is O=C(CCCCCl)OC1CCCCC1. The van der Waals surface area contributed by atoms with Crippen molar-refractivity contribution in [3.63, 3.8) is 0 Å². The number of alkyl halides is 1. The molecule has 3 heteroatoms. The van der Waals surface area contributed by atoms with E-state index in [1.54, 1.807) is 0 Å². The van der Waals surface area contributed by atoms with Gasteiger partial charge in [0.05, 0.1) is 0 Å². The smallest absolute Gasteiger partial charge is 0.306 e. The van der Waals surface area contributed by atoms with Gasteiger partial charge in [0.1, 0.15) is 6.10 Å². The zero-order valence-corrected chi connectivity index (χ0v) is 9.39. The van der Waals surface area contributed by atoms with Crippen LogP contribution in [0.2, 0.25) is 0 Å². The summed E-state index contributed by atoms with van der Waals surface area (Å²) in [6.07, 6.45) is 8.31. The average Bonchev–Trinajstić information content (AvgIpc) is 2.20. The number of unbranched alkanes of at least 4 members (excludes halogenated alkanes) is 1. The Morgan fingerprint density at radius 3 is 2.57 bits per heavy atom. The molecular formula is C11H19ClO2. The van der Waals surface area contributed by atoms with Gasteiger partial charge in [-0.05, 0) is 38.5 Å². The van der Waals surface area contributed by atoms with E-state index in [2.05, 4.69) is 0 Å². The molecule has 0 aromatic rings. The highest BCUT2D eigenvalue weighted by atomic mass is 35.5. The van der Waals surface area contributed by atoms with E-state index < -0.39 is 0 Å². The molecule has 1 aliphatic carbocycles. The van der Waals surface area contributed by atoms with E-state index in [4.69, 9.17) is 16.3 Å². The second kappa shape index (κ2) is 7.10. The molecular weight excluding hydrogens is 200 g/mol. The van der Waals surface area contributed by atoms with Gasteiger partial charge in [-0.25, -0.2) is 0 Å². The summed E-state index contributed by atoms with van der Waals surface area (Å²) in [4.78, 5) is 11.3. The molecule has 0 atom stereocenters. The van der Waals surface area contributed by atoms with Crippen LogP contribution in [0.25, 0.3) is 0 Å². The molecule has 0 aromatic carbocycles.